The van der Waals surface area contributed by atoms with Crippen molar-refractivity contribution in [3.63, 3.8) is 0 Å². The van der Waals surface area contributed by atoms with Gasteiger partial charge in [0.05, 0.1) is 5.56 Å². The van der Waals surface area contributed by atoms with Crippen LogP contribution in [0.15, 0.2) is 36.5 Å². The molecule has 1 amide bonds. The zero-order valence-electron chi connectivity index (χ0n) is 19.8. The predicted molar refractivity (Wildman–Crippen MR) is 120 cm³/mol. The number of anilines is 1. The van der Waals surface area contributed by atoms with E-state index in [0.29, 0.717) is 29.1 Å². The Morgan fingerprint density at radius 3 is 2.37 bits per heavy atom. The molecule has 0 saturated carbocycles. The van der Waals surface area contributed by atoms with E-state index in [2.05, 4.69) is 4.98 Å². The zero-order chi connectivity index (χ0) is 26.4. The Morgan fingerprint density at radius 1 is 1.20 bits per heavy atom. The Kier molecular flexibility index (Phi) is 8.79. The number of nitriles is 1. The summed E-state index contributed by atoms with van der Waals surface area (Å²) in [5.74, 6) is -0.832. The molecule has 0 radical (unpaired) electrons. The van der Waals surface area contributed by atoms with E-state index in [1.807, 2.05) is 6.07 Å². The monoisotopic (exact) mass is 494 g/mol. The van der Waals surface area contributed by atoms with Gasteiger partial charge in [-0.2, -0.15) is 18.4 Å². The highest BCUT2D eigenvalue weighted by atomic mass is 19.4. The molecule has 7 nitrogen and oxygen atoms in total. The van der Waals surface area contributed by atoms with Gasteiger partial charge in [0.1, 0.15) is 29.6 Å². The number of nitrogens with zero attached hydrogens (tertiary/aromatic N) is 4. The number of hydrogen-bond donors (Lipinski definition) is 0. The lowest BCUT2D eigenvalue weighted by Crippen LogP contribution is -2.48. The fraction of sp³-hybridized carbons (Fsp3) is 0.417. The minimum absolute atomic E-state index is 0.101. The van der Waals surface area contributed by atoms with Gasteiger partial charge in [0.15, 0.2) is 6.04 Å². The third-order valence-electron chi connectivity index (χ3n) is 4.89. The van der Waals surface area contributed by atoms with Crippen LogP contribution in [0.25, 0.3) is 0 Å². The number of carbonyl (C=O) groups excluding carboxylic acids is 2. The molecular weight excluding hydrogens is 468 g/mol. The molecule has 1 aromatic heterocycles. The molecule has 2 aromatic rings. The van der Waals surface area contributed by atoms with E-state index in [4.69, 9.17) is 10.00 Å². The first-order valence-electron chi connectivity index (χ1n) is 10.7. The standard InChI is InChI=1S/C24H26F4N4O3/c1-5-31(20-9-7-17(13-29)14-30-20)10-11-32(22(34)35-23(2,3)4)21(24(26,27)28)18-12-16(15-33)6-8-19(18)25/h6-9,12,14-15,21H,5,10-11H2,1-4H3. The summed E-state index contributed by atoms with van der Waals surface area (Å²) in [5.41, 5.74) is -1.85. The highest BCUT2D eigenvalue weighted by Crippen LogP contribution is 2.40. The Morgan fingerprint density at radius 2 is 1.89 bits per heavy atom. The van der Waals surface area contributed by atoms with Gasteiger partial charge in [-0.3, -0.25) is 9.69 Å². The molecule has 11 heteroatoms. The fourth-order valence-corrected chi connectivity index (χ4v) is 3.31. The Balaban J connectivity index is 2.50. The third-order valence-corrected chi connectivity index (χ3v) is 4.89. The van der Waals surface area contributed by atoms with Gasteiger partial charge in [-0.1, -0.05) is 0 Å². The van der Waals surface area contributed by atoms with Crippen molar-refractivity contribution in [3.8, 4) is 6.07 Å². The number of pyridine rings is 1. The van der Waals surface area contributed by atoms with E-state index in [9.17, 15) is 27.2 Å². The lowest BCUT2D eigenvalue weighted by molar-refractivity contribution is -0.183. The van der Waals surface area contributed by atoms with Gasteiger partial charge >= 0.3 is 12.3 Å². The van der Waals surface area contributed by atoms with Crippen molar-refractivity contribution in [2.75, 3.05) is 24.5 Å². The quantitative estimate of drug-likeness (QED) is 0.367. The van der Waals surface area contributed by atoms with Crippen LogP contribution in [-0.2, 0) is 4.74 Å². The molecule has 0 saturated heterocycles. The zero-order valence-corrected chi connectivity index (χ0v) is 19.8. The summed E-state index contributed by atoms with van der Waals surface area (Å²) < 4.78 is 62.8. The van der Waals surface area contributed by atoms with Crippen LogP contribution < -0.4 is 4.90 Å². The summed E-state index contributed by atoms with van der Waals surface area (Å²) in [5, 5.41) is 8.94. The van der Waals surface area contributed by atoms with Crippen molar-refractivity contribution >= 4 is 18.2 Å². The molecule has 1 unspecified atom stereocenters. The van der Waals surface area contributed by atoms with Crippen LogP contribution in [0.4, 0.5) is 28.2 Å². The number of aromatic nitrogens is 1. The van der Waals surface area contributed by atoms with E-state index in [1.165, 1.54) is 39.1 Å². The molecule has 1 heterocycles. The normalized spacial score (nSPS) is 12.4. The van der Waals surface area contributed by atoms with Crippen molar-refractivity contribution in [1.82, 2.24) is 9.88 Å². The number of alkyl halides is 3. The maximum atomic E-state index is 14.6. The molecule has 188 valence electrons. The average Bonchev–Trinajstić information content (AvgIpc) is 2.78. The molecule has 0 aliphatic rings. The van der Waals surface area contributed by atoms with E-state index in [-0.39, 0.29) is 12.1 Å². The molecule has 0 bridgehead atoms. The van der Waals surface area contributed by atoms with Crippen molar-refractivity contribution in [3.05, 3.63) is 59.0 Å². The molecule has 0 fully saturated rings. The number of carbonyl (C=O) groups is 2. The SMILES string of the molecule is CCN(CCN(C(=O)OC(C)(C)C)C(c1cc(C=O)ccc1F)C(F)(F)F)c1ccc(C#N)cn1. The van der Waals surface area contributed by atoms with Gasteiger partial charge in [0.25, 0.3) is 0 Å². The summed E-state index contributed by atoms with van der Waals surface area (Å²) >= 11 is 0. The number of halogens is 4. The Hall–Kier alpha value is -3.68. The third kappa shape index (κ3) is 7.40. The molecule has 0 aliphatic carbocycles. The van der Waals surface area contributed by atoms with Gasteiger partial charge in [0.2, 0.25) is 0 Å². The van der Waals surface area contributed by atoms with Gasteiger partial charge in [-0.25, -0.2) is 14.2 Å². The summed E-state index contributed by atoms with van der Waals surface area (Å²) in [7, 11) is 0. The molecule has 1 aromatic carbocycles. The van der Waals surface area contributed by atoms with Crippen LogP contribution in [0.3, 0.4) is 0 Å². The largest absolute Gasteiger partial charge is 0.444 e. The molecule has 0 N–H and O–H groups in total. The number of benzene rings is 1. The van der Waals surface area contributed by atoms with Gasteiger partial charge in [-0.15, -0.1) is 0 Å². The van der Waals surface area contributed by atoms with Crippen LogP contribution in [0, 0.1) is 17.1 Å². The summed E-state index contributed by atoms with van der Waals surface area (Å²) in [6.07, 6.45) is -4.76. The first-order chi connectivity index (χ1) is 16.3. The number of hydrogen-bond acceptors (Lipinski definition) is 6. The number of rotatable bonds is 8. The van der Waals surface area contributed by atoms with Crippen molar-refractivity contribution in [1.29, 1.82) is 5.26 Å². The van der Waals surface area contributed by atoms with Crippen LogP contribution >= 0.6 is 0 Å². The predicted octanol–water partition coefficient (Wildman–Crippen LogP) is 5.27. The van der Waals surface area contributed by atoms with Crippen molar-refractivity contribution in [2.45, 2.75) is 45.5 Å². The van der Waals surface area contributed by atoms with Gasteiger partial charge in [0, 0.05) is 37.0 Å². The number of likely N-dealkylation sites (N-methyl/N-ethyl adjacent to an activating group) is 1. The molecule has 35 heavy (non-hydrogen) atoms. The van der Waals surface area contributed by atoms with Crippen LogP contribution in [0.2, 0.25) is 0 Å². The number of amides is 1. The van der Waals surface area contributed by atoms with E-state index in [1.54, 1.807) is 11.8 Å². The van der Waals surface area contributed by atoms with Crippen LogP contribution in [0.5, 0.6) is 0 Å². The van der Waals surface area contributed by atoms with E-state index >= 15 is 0 Å². The lowest BCUT2D eigenvalue weighted by Gasteiger charge is -2.36. The maximum absolute atomic E-state index is 14.6. The van der Waals surface area contributed by atoms with E-state index in [0.717, 1.165) is 18.2 Å². The fourth-order valence-electron chi connectivity index (χ4n) is 3.31. The minimum atomic E-state index is -5.08. The second-order valence-corrected chi connectivity index (χ2v) is 8.61. The Bertz CT molecular complexity index is 1080. The van der Waals surface area contributed by atoms with E-state index < -0.39 is 41.8 Å². The molecule has 1 atom stereocenters. The maximum Gasteiger partial charge on any atom is 0.413 e. The van der Waals surface area contributed by atoms with Crippen LogP contribution in [-0.4, -0.2) is 53.7 Å². The molecular formula is C24H26F4N4O3. The minimum Gasteiger partial charge on any atom is -0.444 e. The summed E-state index contributed by atoms with van der Waals surface area (Å²) in [4.78, 5) is 30.2. The Labute approximate surface area is 200 Å². The van der Waals surface area contributed by atoms with Crippen LogP contribution in [0.1, 0.15) is 55.2 Å². The lowest BCUT2D eigenvalue weighted by atomic mass is 10.0. The number of ether oxygens (including phenoxy) is 1. The second-order valence-electron chi connectivity index (χ2n) is 8.61. The van der Waals surface area contributed by atoms with Crippen molar-refractivity contribution in [2.24, 2.45) is 0 Å². The first kappa shape index (κ1) is 27.6. The number of aldehydes is 1. The molecule has 0 spiro atoms. The van der Waals surface area contributed by atoms with Crippen molar-refractivity contribution < 1.29 is 31.9 Å². The second kappa shape index (κ2) is 11.2. The first-order valence-corrected chi connectivity index (χ1v) is 10.7. The van der Waals surface area contributed by atoms with Gasteiger partial charge < -0.3 is 9.64 Å². The topological polar surface area (TPSA) is 86.5 Å². The summed E-state index contributed by atoms with van der Waals surface area (Å²) in [6, 6.07) is 4.85. The summed E-state index contributed by atoms with van der Waals surface area (Å²) in [6.45, 7) is 5.96. The average molecular weight is 494 g/mol. The van der Waals surface area contributed by atoms with Gasteiger partial charge in [-0.05, 0) is 58.0 Å². The highest BCUT2D eigenvalue weighted by Gasteiger charge is 2.49. The smallest absolute Gasteiger partial charge is 0.413 e. The highest BCUT2D eigenvalue weighted by molar-refractivity contribution is 5.75. The molecule has 0 aliphatic heterocycles. The molecule has 2 rings (SSSR count).